The number of hydrogen-bond acceptors (Lipinski definition) is 2. The maximum atomic E-state index is 13.3. The molecule has 5 nitrogen and oxygen atoms in total. The molecule has 2 aromatic carbocycles. The van der Waals surface area contributed by atoms with E-state index in [0.717, 1.165) is 17.2 Å². The van der Waals surface area contributed by atoms with E-state index in [1.165, 1.54) is 23.1 Å². The largest absolute Gasteiger partial charge is 0.417 e. The second-order valence-electron chi connectivity index (χ2n) is 7.70. The maximum Gasteiger partial charge on any atom is 0.417 e. The normalized spacial score (nSPS) is 13.5. The summed E-state index contributed by atoms with van der Waals surface area (Å²) in [6.07, 6.45) is -3.44. The quantitative estimate of drug-likeness (QED) is 0.623. The van der Waals surface area contributed by atoms with Crippen LogP contribution in [0, 0.1) is 0 Å². The standard InChI is InChI=1S/C24H22F3N3O2/c25-24(26,27)19-9-5-4-8-18(19)23(32)30-13-11-17-14-20(29-21(17)15-30)22(31)28-12-10-16-6-2-1-3-7-16/h1-9,14,29H,10-13,15H2,(H,28,31). The predicted octanol–water partition coefficient (Wildman–Crippen LogP) is 4.20. The Bertz CT molecular complexity index is 1120. The Kier molecular flexibility index (Phi) is 6.03. The van der Waals surface area contributed by atoms with Gasteiger partial charge in [-0.1, -0.05) is 42.5 Å². The highest BCUT2D eigenvalue weighted by molar-refractivity contribution is 5.96. The van der Waals surface area contributed by atoms with Gasteiger partial charge in [-0.15, -0.1) is 0 Å². The van der Waals surface area contributed by atoms with E-state index in [9.17, 15) is 22.8 Å². The molecule has 0 saturated carbocycles. The summed E-state index contributed by atoms with van der Waals surface area (Å²) in [7, 11) is 0. The SMILES string of the molecule is O=C(NCCc1ccccc1)c1cc2c([nH]1)CN(C(=O)c1ccccc1C(F)(F)F)CC2. The highest BCUT2D eigenvalue weighted by atomic mass is 19.4. The minimum Gasteiger partial charge on any atom is -0.353 e. The molecule has 1 aromatic heterocycles. The smallest absolute Gasteiger partial charge is 0.353 e. The third-order valence-electron chi connectivity index (χ3n) is 5.53. The van der Waals surface area contributed by atoms with Crippen molar-refractivity contribution in [2.45, 2.75) is 25.6 Å². The van der Waals surface area contributed by atoms with Crippen molar-refractivity contribution in [3.05, 3.63) is 94.3 Å². The number of aromatic nitrogens is 1. The Morgan fingerprint density at radius 3 is 2.50 bits per heavy atom. The molecular formula is C24H22F3N3O2. The van der Waals surface area contributed by atoms with E-state index in [-0.39, 0.29) is 24.6 Å². The number of carbonyl (C=O) groups is 2. The monoisotopic (exact) mass is 441 g/mol. The lowest BCUT2D eigenvalue weighted by Crippen LogP contribution is -2.36. The molecule has 1 aliphatic rings. The molecule has 0 saturated heterocycles. The van der Waals surface area contributed by atoms with Gasteiger partial charge in [0.25, 0.3) is 11.8 Å². The number of carbonyl (C=O) groups excluding carboxylic acids is 2. The highest BCUT2D eigenvalue weighted by Gasteiger charge is 2.36. The number of benzene rings is 2. The van der Waals surface area contributed by atoms with Crippen LogP contribution in [0.2, 0.25) is 0 Å². The molecule has 0 unspecified atom stereocenters. The number of halogens is 3. The zero-order chi connectivity index (χ0) is 22.7. The molecule has 0 fully saturated rings. The Balaban J connectivity index is 1.42. The number of rotatable bonds is 5. The first kappa shape index (κ1) is 21.7. The van der Waals surface area contributed by atoms with Gasteiger partial charge in [0.05, 0.1) is 17.7 Å². The van der Waals surface area contributed by atoms with Gasteiger partial charge in [-0.25, -0.2) is 0 Å². The van der Waals surface area contributed by atoms with Crippen LogP contribution in [0.5, 0.6) is 0 Å². The lowest BCUT2D eigenvalue weighted by molar-refractivity contribution is -0.138. The topological polar surface area (TPSA) is 65.2 Å². The minimum atomic E-state index is -4.61. The van der Waals surface area contributed by atoms with E-state index in [0.29, 0.717) is 30.8 Å². The number of H-pyrrole nitrogens is 1. The van der Waals surface area contributed by atoms with Crippen molar-refractivity contribution in [1.82, 2.24) is 15.2 Å². The van der Waals surface area contributed by atoms with Gasteiger partial charge in [-0.3, -0.25) is 9.59 Å². The number of fused-ring (bicyclic) bond motifs is 1. The fourth-order valence-electron chi connectivity index (χ4n) is 3.87. The zero-order valence-electron chi connectivity index (χ0n) is 17.2. The Labute approximate surface area is 183 Å². The number of hydrogen-bond donors (Lipinski definition) is 2. The Morgan fingerprint density at radius 2 is 1.75 bits per heavy atom. The van der Waals surface area contributed by atoms with Crippen molar-refractivity contribution in [1.29, 1.82) is 0 Å². The second-order valence-corrected chi connectivity index (χ2v) is 7.70. The summed E-state index contributed by atoms with van der Waals surface area (Å²) in [5, 5.41) is 2.86. The Hall–Kier alpha value is -3.55. The van der Waals surface area contributed by atoms with Crippen LogP contribution >= 0.6 is 0 Å². The predicted molar refractivity (Wildman–Crippen MR) is 113 cm³/mol. The first-order valence-corrected chi connectivity index (χ1v) is 10.3. The zero-order valence-corrected chi connectivity index (χ0v) is 17.2. The molecule has 0 atom stereocenters. The molecule has 8 heteroatoms. The van der Waals surface area contributed by atoms with Gasteiger partial charge >= 0.3 is 6.18 Å². The van der Waals surface area contributed by atoms with Crippen molar-refractivity contribution in [2.24, 2.45) is 0 Å². The summed E-state index contributed by atoms with van der Waals surface area (Å²) in [6.45, 7) is 0.883. The van der Waals surface area contributed by atoms with Crippen molar-refractivity contribution in [2.75, 3.05) is 13.1 Å². The molecule has 166 valence electrons. The summed E-state index contributed by atoms with van der Waals surface area (Å²) in [6, 6.07) is 16.3. The van der Waals surface area contributed by atoms with Crippen LogP contribution in [-0.4, -0.2) is 34.8 Å². The molecular weight excluding hydrogens is 419 g/mol. The van der Waals surface area contributed by atoms with E-state index in [4.69, 9.17) is 0 Å². The molecule has 32 heavy (non-hydrogen) atoms. The average Bonchev–Trinajstić information content (AvgIpc) is 3.22. The minimum absolute atomic E-state index is 0.123. The van der Waals surface area contributed by atoms with E-state index in [1.807, 2.05) is 30.3 Å². The lowest BCUT2D eigenvalue weighted by Gasteiger charge is -2.28. The molecule has 0 aliphatic carbocycles. The highest BCUT2D eigenvalue weighted by Crippen LogP contribution is 2.33. The molecule has 0 spiro atoms. The van der Waals surface area contributed by atoms with Gasteiger partial charge in [-0.05, 0) is 42.2 Å². The second kappa shape index (κ2) is 8.90. The number of amides is 2. The molecule has 3 aromatic rings. The first-order chi connectivity index (χ1) is 15.3. The van der Waals surface area contributed by atoms with Crippen molar-refractivity contribution in [3.8, 4) is 0 Å². The maximum absolute atomic E-state index is 13.3. The van der Waals surface area contributed by atoms with Gasteiger partial charge in [0.2, 0.25) is 0 Å². The van der Waals surface area contributed by atoms with Gasteiger partial charge in [0, 0.05) is 18.8 Å². The summed E-state index contributed by atoms with van der Waals surface area (Å²) < 4.78 is 39.9. The van der Waals surface area contributed by atoms with Gasteiger partial charge in [0.1, 0.15) is 5.69 Å². The van der Waals surface area contributed by atoms with E-state index in [2.05, 4.69) is 10.3 Å². The summed E-state index contributed by atoms with van der Waals surface area (Å²) in [5.74, 6) is -0.928. The van der Waals surface area contributed by atoms with Gasteiger partial charge < -0.3 is 15.2 Å². The first-order valence-electron chi connectivity index (χ1n) is 10.3. The number of alkyl halides is 3. The van der Waals surface area contributed by atoms with E-state index in [1.54, 1.807) is 6.07 Å². The van der Waals surface area contributed by atoms with Crippen molar-refractivity contribution in [3.63, 3.8) is 0 Å². The van der Waals surface area contributed by atoms with Crippen LogP contribution in [0.4, 0.5) is 13.2 Å². The molecule has 0 bridgehead atoms. The third-order valence-corrected chi connectivity index (χ3v) is 5.53. The molecule has 2 N–H and O–H groups in total. The molecule has 0 radical (unpaired) electrons. The van der Waals surface area contributed by atoms with E-state index >= 15 is 0 Å². The lowest BCUT2D eigenvalue weighted by atomic mass is 10.0. The van der Waals surface area contributed by atoms with Crippen LogP contribution in [0.1, 0.15) is 43.2 Å². The van der Waals surface area contributed by atoms with Crippen LogP contribution in [0.3, 0.4) is 0 Å². The molecule has 4 rings (SSSR count). The van der Waals surface area contributed by atoms with Gasteiger partial charge in [0.15, 0.2) is 0 Å². The third kappa shape index (κ3) is 4.69. The van der Waals surface area contributed by atoms with Crippen molar-refractivity contribution >= 4 is 11.8 Å². The average molecular weight is 441 g/mol. The summed E-state index contributed by atoms with van der Waals surface area (Å²) in [4.78, 5) is 29.7. The van der Waals surface area contributed by atoms with Crippen molar-refractivity contribution < 1.29 is 22.8 Å². The van der Waals surface area contributed by atoms with Crippen LogP contribution in [0.15, 0.2) is 60.7 Å². The summed E-state index contributed by atoms with van der Waals surface area (Å²) >= 11 is 0. The molecule has 1 aliphatic heterocycles. The fourth-order valence-corrected chi connectivity index (χ4v) is 3.87. The number of nitrogens with one attached hydrogen (secondary N) is 2. The molecule has 2 amide bonds. The van der Waals surface area contributed by atoms with Crippen LogP contribution in [-0.2, 0) is 25.6 Å². The Morgan fingerprint density at radius 1 is 1.03 bits per heavy atom. The van der Waals surface area contributed by atoms with Crippen LogP contribution < -0.4 is 5.32 Å². The number of nitrogens with zero attached hydrogens (tertiary/aromatic N) is 1. The number of aromatic amines is 1. The summed E-state index contributed by atoms with van der Waals surface area (Å²) in [5.41, 5.74) is 1.75. The van der Waals surface area contributed by atoms with Crippen LogP contribution in [0.25, 0.3) is 0 Å². The fraction of sp³-hybridized carbons (Fsp3) is 0.250. The van der Waals surface area contributed by atoms with Gasteiger partial charge in [-0.2, -0.15) is 13.2 Å². The van der Waals surface area contributed by atoms with E-state index < -0.39 is 17.6 Å². The molecule has 2 heterocycles.